The van der Waals surface area contributed by atoms with Crippen molar-refractivity contribution < 1.29 is 8.78 Å². The van der Waals surface area contributed by atoms with Crippen LogP contribution >= 0.6 is 0 Å². The molecule has 0 saturated heterocycles. The van der Waals surface area contributed by atoms with Crippen LogP contribution in [0.15, 0.2) is 18.2 Å². The van der Waals surface area contributed by atoms with Gasteiger partial charge in [0.2, 0.25) is 0 Å². The number of benzene rings is 1. The van der Waals surface area contributed by atoms with E-state index in [1.165, 1.54) is 25.2 Å². The Morgan fingerprint density at radius 2 is 1.75 bits per heavy atom. The molecule has 3 heteroatoms. The van der Waals surface area contributed by atoms with E-state index in [0.29, 0.717) is 0 Å². The molecule has 1 aromatic carbocycles. The highest BCUT2D eigenvalue weighted by Crippen LogP contribution is 2.20. The fourth-order valence-corrected chi connectivity index (χ4v) is 1.04. The lowest BCUT2D eigenvalue weighted by Crippen LogP contribution is -2.09. The Morgan fingerprint density at radius 1 is 1.25 bits per heavy atom. The van der Waals surface area contributed by atoms with Crippen LogP contribution in [0.3, 0.4) is 0 Å². The Hall–Kier alpha value is -0.960. The topological polar surface area (TPSA) is 14.1 Å². The summed E-state index contributed by atoms with van der Waals surface area (Å²) in [5, 5.41) is 3.80. The summed E-state index contributed by atoms with van der Waals surface area (Å²) in [6.45, 7) is 1.65. The maximum Gasteiger partial charge on any atom is 0.130 e. The maximum atomic E-state index is 13.0. The molecule has 0 aliphatic heterocycles. The van der Waals surface area contributed by atoms with Crippen LogP contribution in [0.4, 0.5) is 8.78 Å². The highest BCUT2D eigenvalue weighted by Gasteiger charge is 2.14. The van der Waals surface area contributed by atoms with E-state index in [0.717, 1.165) is 0 Å². The molecule has 0 unspecified atom stereocenters. The van der Waals surface area contributed by atoms with E-state index in [4.69, 9.17) is 0 Å². The molecular formula is C9H10F2N. The van der Waals surface area contributed by atoms with Crippen molar-refractivity contribution in [3.8, 4) is 0 Å². The zero-order valence-corrected chi connectivity index (χ0v) is 7.01. The largest absolute Gasteiger partial charge is 0.237 e. The average Bonchev–Trinajstić information content (AvgIpc) is 2.03. The van der Waals surface area contributed by atoms with E-state index in [2.05, 4.69) is 5.32 Å². The molecule has 0 aliphatic rings. The summed E-state index contributed by atoms with van der Waals surface area (Å²) in [6.07, 6.45) is 0. The quantitative estimate of drug-likeness (QED) is 0.646. The smallest absolute Gasteiger partial charge is 0.130 e. The molecule has 1 radical (unpaired) electrons. The van der Waals surface area contributed by atoms with Crippen LogP contribution in [-0.2, 0) is 0 Å². The monoisotopic (exact) mass is 170 g/mol. The van der Waals surface area contributed by atoms with Gasteiger partial charge in [0.15, 0.2) is 0 Å². The van der Waals surface area contributed by atoms with Crippen molar-refractivity contribution in [2.45, 2.75) is 13.0 Å². The van der Waals surface area contributed by atoms with Gasteiger partial charge in [-0.3, -0.25) is 0 Å². The fourth-order valence-electron chi connectivity index (χ4n) is 1.04. The average molecular weight is 170 g/mol. The molecule has 1 atom stereocenters. The van der Waals surface area contributed by atoms with Crippen molar-refractivity contribution >= 4 is 0 Å². The minimum atomic E-state index is -0.534. The van der Waals surface area contributed by atoms with Crippen molar-refractivity contribution in [1.82, 2.24) is 5.32 Å². The van der Waals surface area contributed by atoms with Gasteiger partial charge in [0, 0.05) is 12.6 Å². The van der Waals surface area contributed by atoms with Crippen LogP contribution in [0.2, 0.25) is 0 Å². The Bertz CT molecular complexity index is 253. The van der Waals surface area contributed by atoms with E-state index >= 15 is 0 Å². The van der Waals surface area contributed by atoms with Crippen LogP contribution in [-0.4, -0.2) is 7.05 Å². The number of rotatable bonds is 2. The van der Waals surface area contributed by atoms with Crippen molar-refractivity contribution in [1.29, 1.82) is 0 Å². The van der Waals surface area contributed by atoms with Crippen LogP contribution in [0.25, 0.3) is 0 Å². The summed E-state index contributed by atoms with van der Waals surface area (Å²) in [6, 6.07) is 3.39. The molecule has 0 fully saturated rings. The van der Waals surface area contributed by atoms with Gasteiger partial charge >= 0.3 is 0 Å². The van der Waals surface area contributed by atoms with Crippen molar-refractivity contribution in [2.24, 2.45) is 0 Å². The normalized spacial score (nSPS) is 13.0. The molecule has 0 spiro atoms. The number of halogens is 2. The van der Waals surface area contributed by atoms with Crippen LogP contribution in [0, 0.1) is 11.6 Å². The van der Waals surface area contributed by atoms with Crippen LogP contribution in [0.1, 0.15) is 18.5 Å². The number of hydrogen-bond donors (Lipinski definition) is 0. The van der Waals surface area contributed by atoms with Crippen molar-refractivity contribution in [2.75, 3.05) is 7.05 Å². The Morgan fingerprint density at radius 3 is 2.17 bits per heavy atom. The molecule has 0 aromatic heterocycles. The first kappa shape index (κ1) is 9.13. The molecule has 65 valence electrons. The van der Waals surface area contributed by atoms with Gasteiger partial charge in [-0.15, -0.1) is 0 Å². The standard InChI is InChI=1S/C9H10F2N/c1-6(12-2)9-7(10)4-3-5-8(9)11/h3-6H,1-2H3/t6-/m1/s1. The van der Waals surface area contributed by atoms with Crippen LogP contribution < -0.4 is 5.32 Å². The van der Waals surface area contributed by atoms with E-state index in [-0.39, 0.29) is 5.56 Å². The van der Waals surface area contributed by atoms with Gasteiger partial charge in [-0.05, 0) is 19.1 Å². The predicted octanol–water partition coefficient (Wildman–Crippen LogP) is 2.26. The second-order valence-corrected chi connectivity index (χ2v) is 2.57. The Kier molecular flexibility index (Phi) is 2.76. The third-order valence-corrected chi connectivity index (χ3v) is 1.80. The summed E-state index contributed by atoms with van der Waals surface area (Å²) in [5.41, 5.74) is 0.0417. The minimum absolute atomic E-state index is 0.0417. The third kappa shape index (κ3) is 1.61. The van der Waals surface area contributed by atoms with Gasteiger partial charge < -0.3 is 0 Å². The number of hydrogen-bond acceptors (Lipinski definition) is 0. The van der Waals surface area contributed by atoms with E-state index < -0.39 is 17.7 Å². The van der Waals surface area contributed by atoms with Crippen LogP contribution in [0.5, 0.6) is 0 Å². The lowest BCUT2D eigenvalue weighted by Gasteiger charge is -2.10. The van der Waals surface area contributed by atoms with Crippen molar-refractivity contribution in [3.63, 3.8) is 0 Å². The first-order chi connectivity index (χ1) is 5.66. The minimum Gasteiger partial charge on any atom is -0.237 e. The summed E-state index contributed by atoms with van der Waals surface area (Å²) >= 11 is 0. The van der Waals surface area contributed by atoms with Gasteiger partial charge in [0.05, 0.1) is 6.04 Å². The van der Waals surface area contributed by atoms with Gasteiger partial charge in [-0.1, -0.05) is 6.07 Å². The Balaban J connectivity index is 3.12. The highest BCUT2D eigenvalue weighted by atomic mass is 19.1. The lowest BCUT2D eigenvalue weighted by atomic mass is 10.1. The molecule has 0 saturated carbocycles. The molecule has 1 rings (SSSR count). The maximum absolute atomic E-state index is 13.0. The highest BCUT2D eigenvalue weighted by molar-refractivity contribution is 5.22. The molecule has 0 amide bonds. The predicted molar refractivity (Wildman–Crippen MR) is 42.8 cm³/mol. The molecule has 0 bridgehead atoms. The first-order valence-corrected chi connectivity index (χ1v) is 3.69. The molecule has 12 heavy (non-hydrogen) atoms. The molecule has 1 aromatic rings. The summed E-state index contributed by atoms with van der Waals surface area (Å²) in [7, 11) is 1.54. The molecule has 1 nitrogen and oxygen atoms in total. The SMILES string of the molecule is C[N][C@H](C)c1c(F)cccc1F. The van der Waals surface area contributed by atoms with Gasteiger partial charge in [0.25, 0.3) is 0 Å². The summed E-state index contributed by atoms with van der Waals surface area (Å²) in [4.78, 5) is 0. The van der Waals surface area contributed by atoms with E-state index in [1.807, 2.05) is 0 Å². The Labute approximate surface area is 70.4 Å². The summed E-state index contributed by atoms with van der Waals surface area (Å²) in [5.74, 6) is -1.07. The van der Waals surface area contributed by atoms with Gasteiger partial charge in [-0.25, -0.2) is 14.1 Å². The van der Waals surface area contributed by atoms with E-state index in [9.17, 15) is 8.78 Å². The van der Waals surface area contributed by atoms with Gasteiger partial charge in [0.1, 0.15) is 11.6 Å². The second kappa shape index (κ2) is 3.63. The van der Waals surface area contributed by atoms with Crippen molar-refractivity contribution in [3.05, 3.63) is 35.4 Å². The zero-order chi connectivity index (χ0) is 9.14. The summed E-state index contributed by atoms with van der Waals surface area (Å²) < 4.78 is 26.0. The van der Waals surface area contributed by atoms with E-state index in [1.54, 1.807) is 6.92 Å². The molecular weight excluding hydrogens is 160 g/mol. The first-order valence-electron chi connectivity index (χ1n) is 3.69. The second-order valence-electron chi connectivity index (χ2n) is 2.57. The zero-order valence-electron chi connectivity index (χ0n) is 7.01. The van der Waals surface area contributed by atoms with Gasteiger partial charge in [-0.2, -0.15) is 0 Å². The fraction of sp³-hybridized carbons (Fsp3) is 0.333. The molecule has 0 aliphatic carbocycles. The molecule has 0 heterocycles. The molecule has 0 N–H and O–H groups in total. The third-order valence-electron chi connectivity index (χ3n) is 1.80. The number of nitrogens with zero attached hydrogens (tertiary/aromatic N) is 1. The lowest BCUT2D eigenvalue weighted by molar-refractivity contribution is 0.506.